The van der Waals surface area contributed by atoms with Gasteiger partial charge in [-0.15, -0.1) is 0 Å². The predicted octanol–water partition coefficient (Wildman–Crippen LogP) is 2.72. The third kappa shape index (κ3) is 3.97. The molecule has 1 heterocycles. The van der Waals surface area contributed by atoms with Crippen molar-refractivity contribution >= 4 is 17.3 Å². The van der Waals surface area contributed by atoms with Crippen LogP contribution in [0.15, 0.2) is 53.3 Å². The van der Waals surface area contributed by atoms with Crippen molar-refractivity contribution in [3.05, 3.63) is 80.3 Å². The van der Waals surface area contributed by atoms with Gasteiger partial charge < -0.3 is 14.8 Å². The minimum atomic E-state index is -0.729. The Morgan fingerprint density at radius 1 is 1.10 bits per heavy atom. The number of hydrogen-bond acceptors (Lipinski definition) is 7. The molecular weight excluding hydrogens is 392 g/mol. The Balaban J connectivity index is 2.07. The number of para-hydroxylation sites is 1. The van der Waals surface area contributed by atoms with Crippen LogP contribution < -0.4 is 20.3 Å². The van der Waals surface area contributed by atoms with Gasteiger partial charge in [-0.05, 0) is 24.6 Å². The molecule has 154 valence electrons. The van der Waals surface area contributed by atoms with E-state index in [1.807, 2.05) is 6.07 Å². The molecule has 0 unspecified atom stereocenters. The molecule has 2 aromatic carbocycles. The van der Waals surface area contributed by atoms with Gasteiger partial charge >= 0.3 is 0 Å². The summed E-state index contributed by atoms with van der Waals surface area (Å²) in [6, 6.07) is 12.0. The normalized spacial score (nSPS) is 10.4. The average Bonchev–Trinajstić information content (AvgIpc) is 2.73. The topological polar surface area (TPSA) is 126 Å². The summed E-state index contributed by atoms with van der Waals surface area (Å²) in [5, 5.41) is 17.8. The van der Waals surface area contributed by atoms with Crippen molar-refractivity contribution in [2.24, 2.45) is 0 Å². The molecule has 0 atom stereocenters. The molecule has 10 heteroatoms. The van der Waals surface area contributed by atoms with Crippen LogP contribution in [-0.2, 0) is 0 Å². The van der Waals surface area contributed by atoms with Crippen molar-refractivity contribution in [2.75, 3.05) is 19.5 Å². The zero-order valence-electron chi connectivity index (χ0n) is 16.4. The number of nitrogens with zero attached hydrogens (tertiary/aromatic N) is 3. The summed E-state index contributed by atoms with van der Waals surface area (Å²) in [4.78, 5) is 35.9. The van der Waals surface area contributed by atoms with Crippen LogP contribution in [0.3, 0.4) is 0 Å². The van der Waals surface area contributed by atoms with Crippen molar-refractivity contribution < 1.29 is 19.2 Å². The fourth-order valence-corrected chi connectivity index (χ4v) is 2.82. The molecule has 10 nitrogen and oxygen atoms in total. The number of methoxy groups -OCH3 is 2. The van der Waals surface area contributed by atoms with Crippen LogP contribution in [0.4, 0.5) is 11.4 Å². The van der Waals surface area contributed by atoms with E-state index in [0.717, 1.165) is 16.3 Å². The molecule has 3 aromatic rings. The minimum Gasteiger partial charge on any atom is -0.495 e. The van der Waals surface area contributed by atoms with E-state index in [4.69, 9.17) is 9.47 Å². The molecule has 30 heavy (non-hydrogen) atoms. The summed E-state index contributed by atoms with van der Waals surface area (Å²) in [5.41, 5.74) is 0.487. The zero-order valence-corrected chi connectivity index (χ0v) is 16.4. The Hall–Kier alpha value is -4.21. The van der Waals surface area contributed by atoms with Crippen LogP contribution in [-0.4, -0.2) is 34.8 Å². The highest BCUT2D eigenvalue weighted by molar-refractivity contribution is 6.05. The Morgan fingerprint density at radius 3 is 2.43 bits per heavy atom. The third-order valence-electron chi connectivity index (χ3n) is 4.32. The Morgan fingerprint density at radius 2 is 1.80 bits per heavy atom. The van der Waals surface area contributed by atoms with Crippen LogP contribution in [0, 0.1) is 17.0 Å². The van der Waals surface area contributed by atoms with Gasteiger partial charge in [0.05, 0.1) is 36.6 Å². The Kier molecular flexibility index (Phi) is 5.77. The first-order chi connectivity index (χ1) is 14.3. The first-order valence-electron chi connectivity index (χ1n) is 8.74. The number of nitro benzene ring substituents is 1. The number of nitrogens with one attached hydrogen (secondary N) is 1. The van der Waals surface area contributed by atoms with Gasteiger partial charge in [-0.25, -0.2) is 0 Å². The highest BCUT2D eigenvalue weighted by Gasteiger charge is 2.21. The summed E-state index contributed by atoms with van der Waals surface area (Å²) in [7, 11) is 2.67. The smallest absolute Gasteiger partial charge is 0.280 e. The second-order valence-electron chi connectivity index (χ2n) is 6.19. The number of benzene rings is 2. The lowest BCUT2D eigenvalue weighted by molar-refractivity contribution is -0.384. The zero-order chi connectivity index (χ0) is 21.8. The highest BCUT2D eigenvalue weighted by atomic mass is 16.6. The molecule has 0 saturated carbocycles. The van der Waals surface area contributed by atoms with Crippen molar-refractivity contribution in [2.45, 2.75) is 6.92 Å². The number of ether oxygens (including phenoxy) is 2. The number of amides is 1. The number of anilines is 1. The molecule has 0 spiro atoms. The number of hydrogen-bond donors (Lipinski definition) is 1. The van der Waals surface area contributed by atoms with E-state index < -0.39 is 16.4 Å². The van der Waals surface area contributed by atoms with Crippen molar-refractivity contribution in [1.29, 1.82) is 0 Å². The number of nitro groups is 1. The summed E-state index contributed by atoms with van der Waals surface area (Å²) < 4.78 is 11.4. The van der Waals surface area contributed by atoms with E-state index in [1.165, 1.54) is 32.4 Å². The number of carbonyl (C=O) groups is 1. The largest absolute Gasteiger partial charge is 0.495 e. The molecule has 1 amide bonds. The van der Waals surface area contributed by atoms with Crippen molar-refractivity contribution in [3.63, 3.8) is 0 Å². The fraction of sp³-hybridized carbons (Fsp3) is 0.150. The first kappa shape index (κ1) is 20.5. The molecule has 0 radical (unpaired) electrons. The van der Waals surface area contributed by atoms with Crippen molar-refractivity contribution in [1.82, 2.24) is 9.78 Å². The van der Waals surface area contributed by atoms with E-state index in [-0.39, 0.29) is 28.6 Å². The van der Waals surface area contributed by atoms with Crippen LogP contribution in [0.2, 0.25) is 0 Å². The maximum Gasteiger partial charge on any atom is 0.280 e. The number of rotatable bonds is 6. The molecule has 1 N–H and O–H groups in total. The number of non-ortho nitro benzene ring substituents is 1. The quantitative estimate of drug-likeness (QED) is 0.489. The van der Waals surface area contributed by atoms with Crippen LogP contribution in [0.25, 0.3) is 5.69 Å². The fourth-order valence-electron chi connectivity index (χ4n) is 2.82. The molecule has 0 saturated heterocycles. The van der Waals surface area contributed by atoms with Gasteiger partial charge in [-0.3, -0.25) is 19.7 Å². The number of aryl methyl sites for hydroxylation is 1. The second kappa shape index (κ2) is 8.43. The maximum atomic E-state index is 12.9. The van der Waals surface area contributed by atoms with Gasteiger partial charge in [0, 0.05) is 12.1 Å². The van der Waals surface area contributed by atoms with Crippen LogP contribution in [0.1, 0.15) is 16.1 Å². The van der Waals surface area contributed by atoms with Crippen molar-refractivity contribution in [3.8, 4) is 17.2 Å². The second-order valence-corrected chi connectivity index (χ2v) is 6.19. The van der Waals surface area contributed by atoms with E-state index in [2.05, 4.69) is 10.4 Å². The lowest BCUT2D eigenvalue weighted by Gasteiger charge is -2.14. The van der Waals surface area contributed by atoms with Crippen LogP contribution >= 0.6 is 0 Å². The third-order valence-corrected chi connectivity index (χ3v) is 4.32. The summed E-state index contributed by atoms with van der Waals surface area (Å²) in [5.74, 6) is -0.542. The van der Waals surface area contributed by atoms with Crippen LogP contribution in [0.5, 0.6) is 11.5 Å². The standard InChI is InChI=1S/C20H18N4O6/c1-12-6-4-5-7-15(12)23-18(25)11-17(30-3)19(22-23)20(26)21-14-10-13(24(27)28)8-9-16(14)29-2/h4-11H,1-3H3,(H,21,26). The average molecular weight is 410 g/mol. The summed E-state index contributed by atoms with van der Waals surface area (Å²) in [6.45, 7) is 1.81. The van der Waals surface area contributed by atoms with Gasteiger partial charge in [-0.2, -0.15) is 9.78 Å². The highest BCUT2D eigenvalue weighted by Crippen LogP contribution is 2.29. The Bertz CT molecular complexity index is 1190. The molecule has 1 aromatic heterocycles. The molecule has 0 fully saturated rings. The van der Waals surface area contributed by atoms with Gasteiger partial charge in [0.1, 0.15) is 5.75 Å². The molecule has 0 bridgehead atoms. The number of carbonyl (C=O) groups excluding carboxylic acids is 1. The molecule has 0 aliphatic carbocycles. The van der Waals surface area contributed by atoms with Gasteiger partial charge in [0.15, 0.2) is 11.4 Å². The Labute approximate surface area is 170 Å². The molecule has 3 rings (SSSR count). The van der Waals surface area contributed by atoms with E-state index in [1.54, 1.807) is 25.1 Å². The van der Waals surface area contributed by atoms with E-state index in [0.29, 0.717) is 5.69 Å². The molecular formula is C20H18N4O6. The maximum absolute atomic E-state index is 12.9. The van der Waals surface area contributed by atoms with Gasteiger partial charge in [-0.1, -0.05) is 18.2 Å². The summed E-state index contributed by atoms with van der Waals surface area (Å²) in [6.07, 6.45) is 0. The molecule has 0 aliphatic heterocycles. The van der Waals surface area contributed by atoms with Gasteiger partial charge in [0.2, 0.25) is 0 Å². The number of aromatic nitrogens is 2. The van der Waals surface area contributed by atoms with Gasteiger partial charge in [0.25, 0.3) is 17.2 Å². The minimum absolute atomic E-state index is 0.0354. The SMILES string of the molecule is COc1ccc([N+](=O)[O-])cc1NC(=O)c1nn(-c2ccccc2C)c(=O)cc1OC. The monoisotopic (exact) mass is 410 g/mol. The molecule has 0 aliphatic rings. The summed E-state index contributed by atoms with van der Waals surface area (Å²) >= 11 is 0. The predicted molar refractivity (Wildman–Crippen MR) is 109 cm³/mol. The first-order valence-corrected chi connectivity index (χ1v) is 8.74. The van der Waals surface area contributed by atoms with E-state index >= 15 is 0 Å². The lowest BCUT2D eigenvalue weighted by Crippen LogP contribution is -2.26. The lowest BCUT2D eigenvalue weighted by atomic mass is 10.2. The van der Waals surface area contributed by atoms with E-state index in [9.17, 15) is 19.7 Å².